The van der Waals surface area contributed by atoms with Gasteiger partial charge in [-0.1, -0.05) is 59.8 Å². The van der Waals surface area contributed by atoms with E-state index in [1.54, 1.807) is 0 Å². The molecule has 15 heavy (non-hydrogen) atoms. The molecule has 0 saturated carbocycles. The van der Waals surface area contributed by atoms with Crippen molar-refractivity contribution in [3.05, 3.63) is 13.3 Å². The van der Waals surface area contributed by atoms with Crippen molar-refractivity contribution >= 4 is 0 Å². The molecule has 0 aromatic carbocycles. The Morgan fingerprint density at radius 2 is 1.53 bits per heavy atom. The summed E-state index contributed by atoms with van der Waals surface area (Å²) in [5.41, 5.74) is 0.736. The molecular formula is C14H28Y-2. The topological polar surface area (TPSA) is 0 Å². The number of rotatable bonds is 4. The Morgan fingerprint density at radius 1 is 1.07 bits per heavy atom. The largest absolute Gasteiger partial charge is 0.340 e. The summed E-state index contributed by atoms with van der Waals surface area (Å²) in [4.78, 5) is 0. The van der Waals surface area contributed by atoms with E-state index in [4.69, 9.17) is 0 Å². The van der Waals surface area contributed by atoms with Gasteiger partial charge in [-0.25, -0.2) is 0 Å². The van der Waals surface area contributed by atoms with Crippen LogP contribution in [0.3, 0.4) is 0 Å². The fourth-order valence-electron chi connectivity index (χ4n) is 1.33. The second-order valence-corrected chi connectivity index (χ2v) is 6.56. The Balaban J connectivity index is 0. The number of hydrogen-bond donors (Lipinski definition) is 0. The molecule has 0 fully saturated rings. The van der Waals surface area contributed by atoms with Crippen LogP contribution in [0.4, 0.5) is 0 Å². The maximum absolute atomic E-state index is 4.23. The average molecular weight is 285 g/mol. The summed E-state index contributed by atoms with van der Waals surface area (Å²) < 4.78 is 0. The Kier molecular flexibility index (Phi) is 9.15. The predicted molar refractivity (Wildman–Crippen MR) is 65.9 cm³/mol. The smallest absolute Gasteiger partial charge is 0 e. The molecule has 0 N–H and O–H groups in total. The molecule has 0 nitrogen and oxygen atoms in total. The quantitative estimate of drug-likeness (QED) is 0.509. The monoisotopic (exact) mass is 285 g/mol. The van der Waals surface area contributed by atoms with Gasteiger partial charge in [0.1, 0.15) is 0 Å². The first-order valence-electron chi connectivity index (χ1n) is 5.80. The van der Waals surface area contributed by atoms with Crippen LogP contribution in [0.1, 0.15) is 60.8 Å². The first kappa shape index (κ1) is 18.5. The Morgan fingerprint density at radius 3 is 1.87 bits per heavy atom. The van der Waals surface area contributed by atoms with Crippen LogP contribution in [0, 0.1) is 30.1 Å². The van der Waals surface area contributed by atoms with E-state index in [1.165, 1.54) is 19.3 Å². The minimum atomic E-state index is 0. The van der Waals surface area contributed by atoms with E-state index in [-0.39, 0.29) is 32.7 Å². The van der Waals surface area contributed by atoms with Crippen molar-refractivity contribution in [3.8, 4) is 0 Å². The van der Waals surface area contributed by atoms with Crippen LogP contribution in [0.25, 0.3) is 0 Å². The maximum Gasteiger partial charge on any atom is 0 e. The molecule has 1 radical (unpaired) electrons. The number of hydrogen-bond acceptors (Lipinski definition) is 0. The van der Waals surface area contributed by atoms with Gasteiger partial charge in [0, 0.05) is 32.7 Å². The second-order valence-electron chi connectivity index (χ2n) is 6.56. The minimum Gasteiger partial charge on any atom is -0.340 e. The molecule has 0 heterocycles. The molecule has 0 spiro atoms. The SMILES string of the molecule is [CH2-]C(CCC[CH-]C(C)(C)C)C(C)(C)C.[Y]. The molecular weight excluding hydrogens is 257 g/mol. The molecule has 0 amide bonds. The Hall–Kier alpha value is 1.10. The first-order valence-corrected chi connectivity index (χ1v) is 5.80. The molecule has 1 unspecified atom stereocenters. The van der Waals surface area contributed by atoms with Crippen LogP contribution >= 0.6 is 0 Å². The third-order valence-corrected chi connectivity index (χ3v) is 2.74. The summed E-state index contributed by atoms with van der Waals surface area (Å²) in [6.45, 7) is 17.8. The van der Waals surface area contributed by atoms with E-state index in [2.05, 4.69) is 54.9 Å². The fraction of sp³-hybridized carbons (Fsp3) is 0.857. The molecule has 89 valence electrons. The minimum absolute atomic E-state index is 0. The molecule has 0 bridgehead atoms. The molecule has 0 aromatic heterocycles. The molecule has 0 aliphatic carbocycles. The van der Waals surface area contributed by atoms with Crippen LogP contribution < -0.4 is 0 Å². The van der Waals surface area contributed by atoms with Crippen molar-refractivity contribution in [2.24, 2.45) is 16.7 Å². The summed E-state index contributed by atoms with van der Waals surface area (Å²) >= 11 is 0. The summed E-state index contributed by atoms with van der Waals surface area (Å²) in [7, 11) is 0. The standard InChI is InChI=1S/C14H28.Y/c1-12(14(5,6)7)10-8-9-11-13(2,3)4;/h11-12H,1,8-10H2,2-7H3;/q-2;. The van der Waals surface area contributed by atoms with E-state index in [1.807, 2.05) is 0 Å². The zero-order chi connectivity index (χ0) is 11.4. The van der Waals surface area contributed by atoms with Gasteiger partial charge in [0.25, 0.3) is 0 Å². The van der Waals surface area contributed by atoms with E-state index >= 15 is 0 Å². The average Bonchev–Trinajstić information content (AvgIpc) is 1.93. The van der Waals surface area contributed by atoms with E-state index in [9.17, 15) is 0 Å². The molecule has 0 aliphatic heterocycles. The van der Waals surface area contributed by atoms with Crippen LogP contribution in [0.2, 0.25) is 0 Å². The molecule has 0 aliphatic rings. The summed E-state index contributed by atoms with van der Waals surface area (Å²) in [6.07, 6.45) is 6.17. The van der Waals surface area contributed by atoms with Crippen LogP contribution in [-0.4, -0.2) is 0 Å². The zero-order valence-corrected chi connectivity index (χ0v) is 14.4. The van der Waals surface area contributed by atoms with E-state index < -0.39 is 0 Å². The maximum atomic E-state index is 4.23. The van der Waals surface area contributed by atoms with Crippen molar-refractivity contribution in [2.75, 3.05) is 0 Å². The van der Waals surface area contributed by atoms with Gasteiger partial charge in [0.2, 0.25) is 0 Å². The third kappa shape index (κ3) is 11.4. The second kappa shape index (κ2) is 7.43. The van der Waals surface area contributed by atoms with E-state index in [0.29, 0.717) is 16.7 Å². The van der Waals surface area contributed by atoms with Crippen LogP contribution in [0.5, 0.6) is 0 Å². The number of unbranched alkanes of at least 4 members (excludes halogenated alkanes) is 1. The fourth-order valence-corrected chi connectivity index (χ4v) is 1.33. The summed E-state index contributed by atoms with van der Waals surface area (Å²) in [5.74, 6) is 0.580. The Bertz CT molecular complexity index is 148. The summed E-state index contributed by atoms with van der Waals surface area (Å²) in [6, 6.07) is 0. The molecule has 0 aromatic rings. The van der Waals surface area contributed by atoms with Crippen molar-refractivity contribution in [2.45, 2.75) is 60.8 Å². The zero-order valence-electron chi connectivity index (χ0n) is 11.6. The van der Waals surface area contributed by atoms with Crippen LogP contribution in [0.15, 0.2) is 0 Å². The molecule has 1 atom stereocenters. The first-order chi connectivity index (χ1) is 6.13. The van der Waals surface area contributed by atoms with Crippen LogP contribution in [-0.2, 0) is 32.7 Å². The van der Waals surface area contributed by atoms with Crippen molar-refractivity contribution in [1.82, 2.24) is 0 Å². The Labute approximate surface area is 123 Å². The van der Waals surface area contributed by atoms with Gasteiger partial charge >= 0.3 is 0 Å². The molecule has 0 saturated heterocycles. The van der Waals surface area contributed by atoms with Gasteiger partial charge in [-0.2, -0.15) is 17.8 Å². The van der Waals surface area contributed by atoms with Gasteiger partial charge in [-0.05, 0) is 0 Å². The van der Waals surface area contributed by atoms with Gasteiger partial charge in [0.15, 0.2) is 0 Å². The normalized spacial score (nSPS) is 14.6. The van der Waals surface area contributed by atoms with Crippen molar-refractivity contribution < 1.29 is 32.7 Å². The van der Waals surface area contributed by atoms with Crippen molar-refractivity contribution in [1.29, 1.82) is 0 Å². The summed E-state index contributed by atoms with van der Waals surface area (Å²) in [5, 5.41) is 0. The van der Waals surface area contributed by atoms with Gasteiger partial charge in [-0.15, -0.1) is 0 Å². The van der Waals surface area contributed by atoms with E-state index in [0.717, 1.165) is 0 Å². The van der Waals surface area contributed by atoms with Gasteiger partial charge < -0.3 is 13.3 Å². The van der Waals surface area contributed by atoms with Crippen molar-refractivity contribution in [3.63, 3.8) is 0 Å². The molecule has 1 heteroatoms. The predicted octanol–water partition coefficient (Wildman–Crippen LogP) is 4.90. The van der Waals surface area contributed by atoms with Gasteiger partial charge in [-0.3, -0.25) is 0 Å². The molecule has 0 rings (SSSR count). The van der Waals surface area contributed by atoms with Gasteiger partial charge in [0.05, 0.1) is 0 Å². The third-order valence-electron chi connectivity index (χ3n) is 2.74.